The lowest BCUT2D eigenvalue weighted by Crippen LogP contribution is -2.87. The molecule has 0 saturated carbocycles. The molecule has 1 amide bonds. The van der Waals surface area contributed by atoms with Crippen molar-refractivity contribution < 1.29 is 10.1 Å². The lowest BCUT2D eigenvalue weighted by molar-refractivity contribution is -0.676. The topological polar surface area (TPSA) is 49.0 Å². The van der Waals surface area contributed by atoms with E-state index in [1.165, 1.54) is 16.1 Å². The van der Waals surface area contributed by atoms with E-state index in [4.69, 9.17) is 0 Å². The van der Waals surface area contributed by atoms with Crippen LogP contribution in [0.5, 0.6) is 0 Å². The highest BCUT2D eigenvalue weighted by molar-refractivity contribution is 7.10. The van der Waals surface area contributed by atoms with Gasteiger partial charge in [-0.15, -0.1) is 11.3 Å². The number of carbonyl (C=O) groups is 1. The monoisotopic (exact) mass is 394 g/mol. The molecule has 3 N–H and O–H groups in total. The van der Waals surface area contributed by atoms with Crippen LogP contribution in [0.3, 0.4) is 0 Å². The SMILES string of the molecule is CN(CCCNC(=O)C[NH2+][C@@H](c1ccccc1)c1cccs1)c1ccccc1. The van der Waals surface area contributed by atoms with Gasteiger partial charge in [-0.1, -0.05) is 54.6 Å². The van der Waals surface area contributed by atoms with Crippen molar-refractivity contribution in [3.63, 3.8) is 0 Å². The second-order valence-corrected chi connectivity index (χ2v) is 7.78. The predicted molar refractivity (Wildman–Crippen MR) is 117 cm³/mol. The van der Waals surface area contributed by atoms with Crippen LogP contribution in [0.2, 0.25) is 0 Å². The second-order valence-electron chi connectivity index (χ2n) is 6.80. The summed E-state index contributed by atoms with van der Waals surface area (Å²) >= 11 is 1.73. The van der Waals surface area contributed by atoms with Crippen LogP contribution in [-0.2, 0) is 4.79 Å². The molecule has 0 saturated heterocycles. The zero-order valence-corrected chi connectivity index (χ0v) is 17.1. The van der Waals surface area contributed by atoms with Crippen LogP contribution in [0.4, 0.5) is 5.69 Å². The fourth-order valence-electron chi connectivity index (χ4n) is 3.20. The van der Waals surface area contributed by atoms with Crippen LogP contribution >= 0.6 is 11.3 Å². The summed E-state index contributed by atoms with van der Waals surface area (Å²) in [4.78, 5) is 15.8. The largest absolute Gasteiger partial charge is 0.375 e. The van der Waals surface area contributed by atoms with E-state index >= 15 is 0 Å². The van der Waals surface area contributed by atoms with Gasteiger partial charge in [-0.25, -0.2) is 0 Å². The molecular weight excluding hydrogens is 366 g/mol. The Morgan fingerprint density at radius 1 is 1.04 bits per heavy atom. The number of hydrogen-bond acceptors (Lipinski definition) is 3. The number of para-hydroxylation sites is 1. The van der Waals surface area contributed by atoms with Gasteiger partial charge in [0.2, 0.25) is 0 Å². The fourth-order valence-corrected chi connectivity index (χ4v) is 4.05. The Morgan fingerprint density at radius 3 is 2.43 bits per heavy atom. The summed E-state index contributed by atoms with van der Waals surface area (Å²) in [6.45, 7) is 2.03. The quantitative estimate of drug-likeness (QED) is 0.519. The molecule has 0 radical (unpaired) electrons. The first-order valence-electron chi connectivity index (χ1n) is 9.68. The average molecular weight is 395 g/mol. The fraction of sp³-hybridized carbons (Fsp3) is 0.261. The standard InChI is InChI=1S/C23H27N3OS/c1-26(20-12-6-3-7-13-20)16-9-15-24-22(27)18-25-23(21-14-8-17-28-21)19-10-4-2-5-11-19/h2-8,10-14,17,23,25H,9,15-16,18H2,1H3,(H,24,27)/p+1/t23-/m0/s1. The zero-order chi connectivity index (χ0) is 19.6. The van der Waals surface area contributed by atoms with Gasteiger partial charge >= 0.3 is 0 Å². The molecule has 5 heteroatoms. The van der Waals surface area contributed by atoms with E-state index in [1.54, 1.807) is 11.3 Å². The molecular formula is C23H28N3OS+. The molecule has 0 fully saturated rings. The molecule has 0 aliphatic carbocycles. The van der Waals surface area contributed by atoms with Gasteiger partial charge in [0.1, 0.15) is 6.04 Å². The third-order valence-electron chi connectivity index (χ3n) is 4.74. The highest BCUT2D eigenvalue weighted by Crippen LogP contribution is 2.22. The van der Waals surface area contributed by atoms with Crippen LogP contribution in [0.25, 0.3) is 0 Å². The molecule has 1 aromatic heterocycles. The lowest BCUT2D eigenvalue weighted by atomic mass is 10.1. The van der Waals surface area contributed by atoms with E-state index in [0.717, 1.165) is 13.0 Å². The molecule has 0 unspecified atom stereocenters. The van der Waals surface area contributed by atoms with E-state index in [-0.39, 0.29) is 11.9 Å². The summed E-state index contributed by atoms with van der Waals surface area (Å²) in [5.41, 5.74) is 2.42. The van der Waals surface area contributed by atoms with E-state index in [9.17, 15) is 4.79 Å². The average Bonchev–Trinajstić information content (AvgIpc) is 3.27. The number of carbonyl (C=O) groups excluding carboxylic acids is 1. The summed E-state index contributed by atoms with van der Waals surface area (Å²) in [6.07, 6.45) is 0.921. The minimum atomic E-state index is 0.0832. The Balaban J connectivity index is 1.43. The van der Waals surface area contributed by atoms with Crippen LogP contribution < -0.4 is 15.5 Å². The minimum absolute atomic E-state index is 0.0832. The second kappa shape index (κ2) is 10.6. The van der Waals surface area contributed by atoms with Crippen molar-refractivity contribution in [3.05, 3.63) is 88.6 Å². The molecule has 0 aliphatic heterocycles. The maximum atomic E-state index is 12.3. The molecule has 0 bridgehead atoms. The minimum Gasteiger partial charge on any atom is -0.375 e. The van der Waals surface area contributed by atoms with E-state index in [0.29, 0.717) is 13.1 Å². The third-order valence-corrected chi connectivity index (χ3v) is 5.69. The normalized spacial score (nSPS) is 11.8. The van der Waals surface area contributed by atoms with Crippen molar-refractivity contribution >= 4 is 22.9 Å². The number of quaternary nitrogens is 1. The number of benzene rings is 2. The van der Waals surface area contributed by atoms with Crippen molar-refractivity contribution in [2.24, 2.45) is 0 Å². The number of hydrogen-bond donors (Lipinski definition) is 2. The van der Waals surface area contributed by atoms with Crippen LogP contribution in [0.15, 0.2) is 78.2 Å². The Hall–Kier alpha value is -2.63. The molecule has 3 aromatic rings. The van der Waals surface area contributed by atoms with Gasteiger partial charge in [-0.3, -0.25) is 4.79 Å². The van der Waals surface area contributed by atoms with Crippen molar-refractivity contribution in [1.82, 2.24) is 5.32 Å². The summed E-state index contributed by atoms with van der Waals surface area (Å²) in [5.74, 6) is 0.0832. The Bertz CT molecular complexity index is 822. The lowest BCUT2D eigenvalue weighted by Gasteiger charge is -2.19. The summed E-state index contributed by atoms with van der Waals surface area (Å²) in [5, 5.41) is 7.25. The zero-order valence-electron chi connectivity index (χ0n) is 16.3. The summed E-state index contributed by atoms with van der Waals surface area (Å²) < 4.78 is 0. The molecule has 2 aromatic carbocycles. The van der Waals surface area contributed by atoms with Crippen LogP contribution in [0.1, 0.15) is 22.9 Å². The van der Waals surface area contributed by atoms with Crippen molar-refractivity contribution in [2.75, 3.05) is 31.6 Å². The molecule has 3 rings (SSSR count). The molecule has 4 nitrogen and oxygen atoms in total. The summed E-state index contributed by atoms with van der Waals surface area (Å²) in [7, 11) is 2.08. The molecule has 0 aliphatic rings. The maximum Gasteiger partial charge on any atom is 0.275 e. The molecule has 146 valence electrons. The van der Waals surface area contributed by atoms with E-state index in [2.05, 4.69) is 64.4 Å². The van der Waals surface area contributed by atoms with Gasteiger partial charge in [0, 0.05) is 31.4 Å². The number of nitrogens with zero attached hydrogens (tertiary/aromatic N) is 1. The highest BCUT2D eigenvalue weighted by Gasteiger charge is 2.19. The Labute approximate surface area is 171 Å². The van der Waals surface area contributed by atoms with E-state index in [1.807, 2.05) is 36.4 Å². The predicted octanol–water partition coefficient (Wildman–Crippen LogP) is 3.04. The third kappa shape index (κ3) is 5.94. The number of rotatable bonds is 10. The number of amides is 1. The maximum absolute atomic E-state index is 12.3. The number of thiophene rings is 1. The van der Waals surface area contributed by atoms with Crippen LogP contribution in [-0.4, -0.2) is 32.6 Å². The number of nitrogens with two attached hydrogens (primary N) is 1. The van der Waals surface area contributed by atoms with Crippen molar-refractivity contribution in [2.45, 2.75) is 12.5 Å². The molecule has 1 heterocycles. The molecule has 1 atom stereocenters. The van der Waals surface area contributed by atoms with Crippen molar-refractivity contribution in [1.29, 1.82) is 0 Å². The Morgan fingerprint density at radius 2 is 1.75 bits per heavy atom. The van der Waals surface area contributed by atoms with Crippen LogP contribution in [0, 0.1) is 0 Å². The first-order valence-corrected chi connectivity index (χ1v) is 10.6. The van der Waals surface area contributed by atoms with Gasteiger partial charge in [-0.05, 0) is 30.0 Å². The van der Waals surface area contributed by atoms with Gasteiger partial charge in [0.05, 0.1) is 4.88 Å². The van der Waals surface area contributed by atoms with Gasteiger partial charge in [0.15, 0.2) is 6.54 Å². The number of anilines is 1. The smallest absolute Gasteiger partial charge is 0.275 e. The first-order chi connectivity index (χ1) is 13.7. The highest BCUT2D eigenvalue weighted by atomic mass is 32.1. The molecule has 28 heavy (non-hydrogen) atoms. The van der Waals surface area contributed by atoms with Crippen molar-refractivity contribution in [3.8, 4) is 0 Å². The van der Waals surface area contributed by atoms with E-state index < -0.39 is 0 Å². The first kappa shape index (κ1) is 20.1. The van der Waals surface area contributed by atoms with Gasteiger partial charge in [-0.2, -0.15) is 0 Å². The number of nitrogens with one attached hydrogen (secondary N) is 1. The van der Waals surface area contributed by atoms with Gasteiger partial charge < -0.3 is 15.5 Å². The van der Waals surface area contributed by atoms with Gasteiger partial charge in [0.25, 0.3) is 5.91 Å². The Kier molecular flexibility index (Phi) is 7.64. The molecule has 0 spiro atoms. The summed E-state index contributed by atoms with van der Waals surface area (Å²) in [6, 6.07) is 25.0.